The maximum absolute atomic E-state index is 13.2. The highest BCUT2D eigenvalue weighted by Gasteiger charge is 2.18. The third-order valence-electron chi connectivity index (χ3n) is 2.66. The predicted octanol–water partition coefficient (Wildman–Crippen LogP) is 0.0633. The van der Waals surface area contributed by atoms with E-state index in [2.05, 4.69) is 0 Å². The lowest BCUT2D eigenvalue weighted by atomic mass is 9.80. The van der Waals surface area contributed by atoms with Gasteiger partial charge in [-0.1, -0.05) is 0 Å². The highest BCUT2D eigenvalue weighted by Crippen LogP contribution is 2.18. The molecule has 0 radical (unpaired) electrons. The second-order valence-corrected chi connectivity index (χ2v) is 4.02. The average Bonchev–Trinajstić information content (AvgIpc) is 2.29. The van der Waals surface area contributed by atoms with Crippen LogP contribution in [0.5, 0.6) is 5.75 Å². The molecule has 0 aromatic heterocycles. The molecular weight excluding hydrogens is 226 g/mol. The zero-order chi connectivity index (χ0) is 12.3. The van der Waals surface area contributed by atoms with E-state index >= 15 is 0 Å². The molecule has 0 aliphatic carbocycles. The maximum atomic E-state index is 13.2. The summed E-state index contributed by atoms with van der Waals surface area (Å²) in [5.41, 5.74) is 0.0899. The van der Waals surface area contributed by atoms with Gasteiger partial charge in [-0.15, -0.1) is 0 Å². The Morgan fingerprint density at radius 3 is 2.59 bits per heavy atom. The molecule has 6 heteroatoms. The normalized spacial score (nSPS) is 16.9. The molecule has 0 spiro atoms. The van der Waals surface area contributed by atoms with Gasteiger partial charge in [0.15, 0.2) is 0 Å². The second-order valence-electron chi connectivity index (χ2n) is 4.02. The van der Waals surface area contributed by atoms with Gasteiger partial charge in [-0.25, -0.2) is 4.39 Å². The Bertz CT molecular complexity index is 380. The summed E-state index contributed by atoms with van der Waals surface area (Å²) in [6.45, 7) is 1.27. The van der Waals surface area contributed by atoms with Gasteiger partial charge < -0.3 is 19.5 Å². The van der Waals surface area contributed by atoms with Gasteiger partial charge >= 0.3 is 7.12 Å². The smallest absolute Gasteiger partial charge is 0.488 e. The van der Waals surface area contributed by atoms with Crippen LogP contribution in [0, 0.1) is 5.82 Å². The topological polar surface area (TPSA) is 58.9 Å². The lowest BCUT2D eigenvalue weighted by Gasteiger charge is -2.23. The summed E-state index contributed by atoms with van der Waals surface area (Å²) < 4.78 is 24.0. The van der Waals surface area contributed by atoms with E-state index < -0.39 is 12.9 Å². The molecule has 1 fully saturated rings. The van der Waals surface area contributed by atoms with Crippen LogP contribution in [0.15, 0.2) is 18.2 Å². The first kappa shape index (κ1) is 12.4. The third-order valence-corrected chi connectivity index (χ3v) is 2.66. The van der Waals surface area contributed by atoms with Crippen LogP contribution in [0.25, 0.3) is 0 Å². The number of hydrogen-bond donors (Lipinski definition) is 2. The van der Waals surface area contributed by atoms with Crippen LogP contribution in [-0.2, 0) is 4.74 Å². The summed E-state index contributed by atoms with van der Waals surface area (Å²) in [6, 6.07) is 3.74. The van der Waals surface area contributed by atoms with Crippen molar-refractivity contribution in [1.82, 2.24) is 0 Å². The molecule has 2 N–H and O–H groups in total. The zero-order valence-corrected chi connectivity index (χ0v) is 9.30. The Morgan fingerprint density at radius 2 is 1.94 bits per heavy atom. The average molecular weight is 240 g/mol. The van der Waals surface area contributed by atoms with Gasteiger partial charge in [-0.2, -0.15) is 0 Å². The molecule has 4 nitrogen and oxygen atoms in total. The van der Waals surface area contributed by atoms with Crippen LogP contribution < -0.4 is 10.2 Å². The van der Waals surface area contributed by atoms with E-state index in [4.69, 9.17) is 19.5 Å². The van der Waals surface area contributed by atoms with Gasteiger partial charge in [0.05, 0.1) is 13.2 Å². The summed E-state index contributed by atoms with van der Waals surface area (Å²) in [5, 5.41) is 18.0. The van der Waals surface area contributed by atoms with Crippen LogP contribution in [0.4, 0.5) is 4.39 Å². The Hall–Kier alpha value is -1.11. The Balaban J connectivity index is 2.09. The summed E-state index contributed by atoms with van der Waals surface area (Å²) in [4.78, 5) is 0. The van der Waals surface area contributed by atoms with E-state index in [0.717, 1.165) is 18.9 Å². The molecule has 92 valence electrons. The number of ether oxygens (including phenoxy) is 2. The van der Waals surface area contributed by atoms with Crippen molar-refractivity contribution < 1.29 is 23.9 Å². The molecule has 0 unspecified atom stereocenters. The Morgan fingerprint density at radius 1 is 1.24 bits per heavy atom. The van der Waals surface area contributed by atoms with Gasteiger partial charge in [0.25, 0.3) is 0 Å². The van der Waals surface area contributed by atoms with Crippen LogP contribution >= 0.6 is 0 Å². The van der Waals surface area contributed by atoms with Crippen LogP contribution in [0.3, 0.4) is 0 Å². The molecule has 0 amide bonds. The molecule has 17 heavy (non-hydrogen) atoms. The number of benzene rings is 1. The Labute approximate surface area is 99.1 Å². The monoisotopic (exact) mass is 240 g/mol. The molecule has 1 aromatic rings. The number of hydrogen-bond acceptors (Lipinski definition) is 4. The van der Waals surface area contributed by atoms with Crippen molar-refractivity contribution in [2.75, 3.05) is 13.2 Å². The quantitative estimate of drug-likeness (QED) is 0.733. The summed E-state index contributed by atoms with van der Waals surface area (Å²) >= 11 is 0. The first-order valence-corrected chi connectivity index (χ1v) is 5.56. The maximum Gasteiger partial charge on any atom is 0.488 e. The molecule has 0 bridgehead atoms. The summed E-state index contributed by atoms with van der Waals surface area (Å²) in [5.74, 6) is -0.224. The minimum atomic E-state index is -1.69. The Kier molecular flexibility index (Phi) is 3.99. The third kappa shape index (κ3) is 3.42. The molecule has 0 saturated carbocycles. The van der Waals surface area contributed by atoms with Crippen molar-refractivity contribution in [3.8, 4) is 5.75 Å². The van der Waals surface area contributed by atoms with Crippen LogP contribution in [0.1, 0.15) is 12.8 Å². The second kappa shape index (κ2) is 5.49. The lowest BCUT2D eigenvalue weighted by Crippen LogP contribution is -2.31. The minimum Gasteiger partial charge on any atom is -0.490 e. The lowest BCUT2D eigenvalue weighted by molar-refractivity contribution is 0.0255. The van der Waals surface area contributed by atoms with Crippen molar-refractivity contribution in [2.24, 2.45) is 0 Å². The van der Waals surface area contributed by atoms with Crippen molar-refractivity contribution in [3.63, 3.8) is 0 Å². The fourth-order valence-corrected chi connectivity index (χ4v) is 1.79. The van der Waals surface area contributed by atoms with Gasteiger partial charge in [0, 0.05) is 18.9 Å². The fourth-order valence-electron chi connectivity index (χ4n) is 1.79. The van der Waals surface area contributed by atoms with Crippen molar-refractivity contribution in [2.45, 2.75) is 18.9 Å². The summed E-state index contributed by atoms with van der Waals surface area (Å²) in [7, 11) is -1.69. The molecule has 1 heterocycles. The highest BCUT2D eigenvalue weighted by molar-refractivity contribution is 6.58. The van der Waals surface area contributed by atoms with Crippen LogP contribution in [0.2, 0.25) is 0 Å². The number of halogens is 1. The minimum absolute atomic E-state index is 0.00534. The summed E-state index contributed by atoms with van der Waals surface area (Å²) in [6.07, 6.45) is 1.51. The van der Waals surface area contributed by atoms with Crippen molar-refractivity contribution in [1.29, 1.82) is 0 Å². The van der Waals surface area contributed by atoms with E-state index in [9.17, 15) is 4.39 Å². The van der Waals surface area contributed by atoms with Crippen molar-refractivity contribution >= 4 is 12.6 Å². The molecule has 0 atom stereocenters. The molecule has 2 rings (SSSR count). The standard InChI is InChI=1S/C11H14BFO4/c13-9-5-8(12(14)15)6-11(7-9)17-10-1-3-16-4-2-10/h5-7,10,14-15H,1-4H2. The predicted molar refractivity (Wildman–Crippen MR) is 60.7 cm³/mol. The molecule has 1 aliphatic heterocycles. The zero-order valence-electron chi connectivity index (χ0n) is 9.30. The van der Waals surface area contributed by atoms with E-state index in [-0.39, 0.29) is 11.6 Å². The first-order chi connectivity index (χ1) is 8.15. The van der Waals surface area contributed by atoms with E-state index in [1.165, 1.54) is 12.1 Å². The van der Waals surface area contributed by atoms with E-state index in [1.54, 1.807) is 0 Å². The number of rotatable bonds is 3. The van der Waals surface area contributed by atoms with Gasteiger partial charge in [-0.3, -0.25) is 0 Å². The largest absolute Gasteiger partial charge is 0.490 e. The van der Waals surface area contributed by atoms with Gasteiger partial charge in [0.1, 0.15) is 17.7 Å². The molecule has 1 aliphatic rings. The van der Waals surface area contributed by atoms with Crippen LogP contribution in [-0.4, -0.2) is 36.5 Å². The molecule has 1 saturated heterocycles. The van der Waals surface area contributed by atoms with E-state index in [1.807, 2.05) is 0 Å². The van der Waals surface area contributed by atoms with E-state index in [0.29, 0.717) is 19.0 Å². The fraction of sp³-hybridized carbons (Fsp3) is 0.455. The molecular formula is C11H14BFO4. The SMILES string of the molecule is OB(O)c1cc(F)cc(OC2CCOCC2)c1. The van der Waals surface area contributed by atoms with Crippen molar-refractivity contribution in [3.05, 3.63) is 24.0 Å². The molecule has 1 aromatic carbocycles. The van der Waals surface area contributed by atoms with Gasteiger partial charge in [-0.05, 0) is 17.6 Å². The van der Waals surface area contributed by atoms with Gasteiger partial charge in [0.2, 0.25) is 0 Å². The highest BCUT2D eigenvalue weighted by atomic mass is 19.1. The first-order valence-electron chi connectivity index (χ1n) is 5.56.